The van der Waals surface area contributed by atoms with E-state index in [1.54, 1.807) is 0 Å². The Kier molecular flexibility index (Phi) is 3.95. The van der Waals surface area contributed by atoms with Gasteiger partial charge in [0, 0.05) is 19.1 Å². The van der Waals surface area contributed by atoms with E-state index in [4.69, 9.17) is 0 Å². The van der Waals surface area contributed by atoms with Crippen LogP contribution in [0, 0.1) is 11.3 Å². The zero-order chi connectivity index (χ0) is 15.0. The summed E-state index contributed by atoms with van der Waals surface area (Å²) in [5, 5.41) is 12.7. The predicted molar refractivity (Wildman–Crippen MR) is 78.8 cm³/mol. The van der Waals surface area contributed by atoms with Gasteiger partial charge in [0.2, 0.25) is 5.91 Å². The maximum absolute atomic E-state index is 12.4. The minimum Gasteiger partial charge on any atom is -0.481 e. The normalized spacial score (nSPS) is 34.8. The number of amides is 1. The van der Waals surface area contributed by atoms with Gasteiger partial charge < -0.3 is 10.4 Å². The van der Waals surface area contributed by atoms with Crippen molar-refractivity contribution in [2.24, 2.45) is 11.3 Å². The first kappa shape index (κ1) is 14.8. The molecule has 3 fully saturated rings. The Bertz CT molecular complexity index is 433. The minimum atomic E-state index is -0.670. The van der Waals surface area contributed by atoms with Gasteiger partial charge in [-0.3, -0.25) is 14.5 Å². The van der Waals surface area contributed by atoms with Crippen molar-refractivity contribution in [3.63, 3.8) is 0 Å². The van der Waals surface area contributed by atoms with Crippen LogP contribution in [0.15, 0.2) is 0 Å². The van der Waals surface area contributed by atoms with Gasteiger partial charge in [0.05, 0.1) is 11.5 Å². The highest BCUT2D eigenvalue weighted by atomic mass is 16.4. The van der Waals surface area contributed by atoms with Gasteiger partial charge in [0.25, 0.3) is 0 Å². The molecule has 118 valence electrons. The molecular formula is C16H26N2O3. The third kappa shape index (κ3) is 2.56. The van der Waals surface area contributed by atoms with Crippen LogP contribution in [0.5, 0.6) is 0 Å². The van der Waals surface area contributed by atoms with E-state index in [0.717, 1.165) is 38.6 Å². The fourth-order valence-corrected chi connectivity index (χ4v) is 4.53. The van der Waals surface area contributed by atoms with Gasteiger partial charge in [-0.2, -0.15) is 0 Å². The Morgan fingerprint density at radius 2 is 1.95 bits per heavy atom. The maximum atomic E-state index is 12.4. The number of fused-ring (bicyclic) bond motifs is 1. The van der Waals surface area contributed by atoms with Crippen LogP contribution in [0.25, 0.3) is 0 Å². The van der Waals surface area contributed by atoms with E-state index in [1.807, 2.05) is 6.92 Å². The van der Waals surface area contributed by atoms with E-state index in [0.29, 0.717) is 12.6 Å². The number of hydrogen-bond donors (Lipinski definition) is 2. The Morgan fingerprint density at radius 1 is 1.24 bits per heavy atom. The van der Waals surface area contributed by atoms with Crippen LogP contribution in [0.3, 0.4) is 0 Å². The van der Waals surface area contributed by atoms with E-state index >= 15 is 0 Å². The molecule has 21 heavy (non-hydrogen) atoms. The lowest BCUT2D eigenvalue weighted by Crippen LogP contribution is -2.48. The molecule has 1 amide bonds. The summed E-state index contributed by atoms with van der Waals surface area (Å²) in [6.07, 6.45) is 7.33. The first-order chi connectivity index (χ1) is 10.0. The quantitative estimate of drug-likeness (QED) is 0.826. The number of likely N-dealkylation sites (tertiary alicyclic amines) is 1. The Hall–Kier alpha value is -1.10. The van der Waals surface area contributed by atoms with Gasteiger partial charge >= 0.3 is 5.97 Å². The second-order valence-corrected chi connectivity index (χ2v) is 7.15. The number of aliphatic carboxylic acids is 1. The standard InChI is InChI=1S/C16H26N2O3/c1-11(14(19)17-13-6-2-3-7-13)18-9-12-5-4-8-16(12,10-18)15(20)21/h11-13H,2-10H2,1H3,(H,17,19)(H,20,21)/t11?,12-,16+/m0/s1. The number of rotatable bonds is 4. The van der Waals surface area contributed by atoms with Crippen molar-refractivity contribution < 1.29 is 14.7 Å². The molecule has 1 unspecified atom stereocenters. The van der Waals surface area contributed by atoms with Crippen LogP contribution in [0.1, 0.15) is 51.9 Å². The molecule has 0 aromatic heterocycles. The topological polar surface area (TPSA) is 69.6 Å². The molecule has 0 aromatic rings. The van der Waals surface area contributed by atoms with Crippen molar-refractivity contribution in [3.05, 3.63) is 0 Å². The van der Waals surface area contributed by atoms with Gasteiger partial charge in [0.1, 0.15) is 0 Å². The molecule has 5 heteroatoms. The fraction of sp³-hybridized carbons (Fsp3) is 0.875. The summed E-state index contributed by atoms with van der Waals surface area (Å²) < 4.78 is 0. The largest absolute Gasteiger partial charge is 0.481 e. The van der Waals surface area contributed by atoms with E-state index in [1.165, 1.54) is 12.8 Å². The van der Waals surface area contributed by atoms with E-state index in [-0.39, 0.29) is 17.9 Å². The summed E-state index contributed by atoms with van der Waals surface area (Å²) in [5.74, 6) is -0.380. The lowest BCUT2D eigenvalue weighted by molar-refractivity contribution is -0.149. The third-order valence-electron chi connectivity index (χ3n) is 5.95. The highest BCUT2D eigenvalue weighted by Crippen LogP contribution is 2.49. The lowest BCUT2D eigenvalue weighted by Gasteiger charge is -2.27. The van der Waals surface area contributed by atoms with E-state index in [2.05, 4.69) is 10.2 Å². The minimum absolute atomic E-state index is 0.0717. The zero-order valence-corrected chi connectivity index (χ0v) is 12.8. The predicted octanol–water partition coefficient (Wildman–Crippen LogP) is 1.62. The molecule has 2 N–H and O–H groups in total. The fourth-order valence-electron chi connectivity index (χ4n) is 4.53. The summed E-state index contributed by atoms with van der Waals surface area (Å²) in [5.41, 5.74) is -0.595. The molecule has 1 aliphatic heterocycles. The highest BCUT2D eigenvalue weighted by Gasteiger charge is 2.55. The molecular weight excluding hydrogens is 268 g/mol. The SMILES string of the molecule is CC(C(=O)NC1CCCC1)N1C[C@@H]2CCC[C@@]2(C(=O)O)C1. The summed E-state index contributed by atoms with van der Waals surface area (Å²) in [7, 11) is 0. The second kappa shape index (κ2) is 5.59. The number of carbonyl (C=O) groups is 2. The molecule has 1 saturated heterocycles. The van der Waals surface area contributed by atoms with Crippen LogP contribution in [-0.2, 0) is 9.59 Å². The van der Waals surface area contributed by atoms with Crippen LogP contribution < -0.4 is 5.32 Å². The van der Waals surface area contributed by atoms with E-state index < -0.39 is 11.4 Å². The molecule has 2 aliphatic carbocycles. The molecule has 5 nitrogen and oxygen atoms in total. The number of carboxylic acids is 1. The molecule has 3 aliphatic rings. The lowest BCUT2D eigenvalue weighted by atomic mass is 9.81. The van der Waals surface area contributed by atoms with Crippen LogP contribution in [-0.4, -0.2) is 47.1 Å². The molecule has 3 rings (SSSR count). The number of nitrogens with one attached hydrogen (secondary N) is 1. The van der Waals surface area contributed by atoms with Crippen molar-refractivity contribution in [2.45, 2.75) is 64.0 Å². The van der Waals surface area contributed by atoms with Crippen molar-refractivity contribution in [1.82, 2.24) is 10.2 Å². The first-order valence-electron chi connectivity index (χ1n) is 8.31. The smallest absolute Gasteiger partial charge is 0.311 e. The number of nitrogens with zero attached hydrogens (tertiary/aromatic N) is 1. The van der Waals surface area contributed by atoms with Crippen molar-refractivity contribution >= 4 is 11.9 Å². The van der Waals surface area contributed by atoms with Gasteiger partial charge in [-0.05, 0) is 38.5 Å². The second-order valence-electron chi connectivity index (χ2n) is 7.15. The van der Waals surface area contributed by atoms with Crippen molar-refractivity contribution in [2.75, 3.05) is 13.1 Å². The molecule has 0 bridgehead atoms. The number of carboxylic acid groups (broad SMARTS) is 1. The molecule has 0 aromatic carbocycles. The Labute approximate surface area is 126 Å². The Morgan fingerprint density at radius 3 is 2.57 bits per heavy atom. The third-order valence-corrected chi connectivity index (χ3v) is 5.95. The molecule has 0 radical (unpaired) electrons. The highest BCUT2D eigenvalue weighted by molar-refractivity contribution is 5.82. The van der Waals surface area contributed by atoms with Gasteiger partial charge in [-0.25, -0.2) is 0 Å². The Balaban J connectivity index is 1.62. The first-order valence-corrected chi connectivity index (χ1v) is 8.31. The molecule has 0 spiro atoms. The van der Waals surface area contributed by atoms with Crippen LogP contribution in [0.4, 0.5) is 0 Å². The molecule has 2 saturated carbocycles. The van der Waals surface area contributed by atoms with Crippen LogP contribution in [0.2, 0.25) is 0 Å². The van der Waals surface area contributed by atoms with Crippen molar-refractivity contribution in [1.29, 1.82) is 0 Å². The van der Waals surface area contributed by atoms with Gasteiger partial charge in [0.15, 0.2) is 0 Å². The number of hydrogen-bond acceptors (Lipinski definition) is 3. The number of carbonyl (C=O) groups excluding carboxylic acids is 1. The monoisotopic (exact) mass is 294 g/mol. The van der Waals surface area contributed by atoms with Gasteiger partial charge in [-0.15, -0.1) is 0 Å². The van der Waals surface area contributed by atoms with Crippen molar-refractivity contribution in [3.8, 4) is 0 Å². The van der Waals surface area contributed by atoms with Crippen LogP contribution >= 0.6 is 0 Å². The summed E-state index contributed by atoms with van der Waals surface area (Å²) in [6, 6.07) is 0.114. The van der Waals surface area contributed by atoms with Gasteiger partial charge in [-0.1, -0.05) is 19.3 Å². The molecule has 3 atom stereocenters. The molecule has 1 heterocycles. The summed E-state index contributed by atoms with van der Waals surface area (Å²) in [6.45, 7) is 3.21. The zero-order valence-electron chi connectivity index (χ0n) is 12.8. The summed E-state index contributed by atoms with van der Waals surface area (Å²) in [4.78, 5) is 26.2. The van der Waals surface area contributed by atoms with E-state index in [9.17, 15) is 14.7 Å². The summed E-state index contributed by atoms with van der Waals surface area (Å²) >= 11 is 0. The average molecular weight is 294 g/mol. The average Bonchev–Trinajstić information content (AvgIpc) is 3.11. The maximum Gasteiger partial charge on any atom is 0.311 e.